The second-order valence-corrected chi connectivity index (χ2v) is 5.89. The predicted molar refractivity (Wildman–Crippen MR) is 107 cm³/mol. The first-order valence-corrected chi connectivity index (χ1v) is 9.02. The highest BCUT2D eigenvalue weighted by Crippen LogP contribution is 2.42. The van der Waals surface area contributed by atoms with Gasteiger partial charge in [-0.3, -0.25) is 10.1 Å². The fourth-order valence-electron chi connectivity index (χ4n) is 2.23. The van der Waals surface area contributed by atoms with Crippen molar-refractivity contribution in [3.8, 4) is 11.5 Å². The van der Waals surface area contributed by atoms with Crippen molar-refractivity contribution in [3.05, 3.63) is 36.9 Å². The topological polar surface area (TPSA) is 76.2 Å². The summed E-state index contributed by atoms with van der Waals surface area (Å²) >= 11 is 0. The van der Waals surface area contributed by atoms with Gasteiger partial charge in [-0.2, -0.15) is 0 Å². The van der Waals surface area contributed by atoms with E-state index < -0.39 is 6.29 Å². The van der Waals surface area contributed by atoms with E-state index in [2.05, 4.69) is 44.8 Å². The summed E-state index contributed by atoms with van der Waals surface area (Å²) in [4.78, 5) is 17.6. The van der Waals surface area contributed by atoms with E-state index in [9.17, 15) is 13.6 Å². The molecule has 154 valence electrons. The van der Waals surface area contributed by atoms with Gasteiger partial charge >= 0.3 is 6.29 Å². The highest BCUT2D eigenvalue weighted by molar-refractivity contribution is 5.90. The van der Waals surface area contributed by atoms with Crippen LogP contribution in [-0.4, -0.2) is 22.2 Å². The number of allylic oxidation sites excluding steroid dienone is 2. The molecule has 8 heteroatoms. The van der Waals surface area contributed by atoms with Gasteiger partial charge in [0.15, 0.2) is 11.5 Å². The Bertz CT molecular complexity index is 786. The molecule has 2 N–H and O–H groups in total. The lowest BCUT2D eigenvalue weighted by Gasteiger charge is -2.04. The molecule has 0 unspecified atom stereocenters. The number of aromatic amines is 1. The number of anilines is 1. The van der Waals surface area contributed by atoms with Gasteiger partial charge in [0.05, 0.1) is 11.0 Å². The van der Waals surface area contributed by atoms with Gasteiger partial charge < -0.3 is 14.5 Å². The Morgan fingerprint density at radius 1 is 1.29 bits per heavy atom. The number of unbranched alkanes of at least 4 members (excludes halogenated alkanes) is 1. The Balaban J connectivity index is 0.000000334. The fourth-order valence-corrected chi connectivity index (χ4v) is 2.23. The number of nitrogens with one attached hydrogen (secondary N) is 2. The normalized spacial score (nSPS) is 12.9. The van der Waals surface area contributed by atoms with Gasteiger partial charge in [0, 0.05) is 19.1 Å². The molecule has 1 aromatic heterocycles. The Morgan fingerprint density at radius 2 is 1.89 bits per heavy atom. The van der Waals surface area contributed by atoms with Crippen LogP contribution in [0.4, 0.5) is 14.7 Å². The van der Waals surface area contributed by atoms with E-state index in [1.165, 1.54) is 31.1 Å². The van der Waals surface area contributed by atoms with E-state index in [0.29, 0.717) is 11.0 Å². The Kier molecular flexibility index (Phi) is 8.63. The van der Waals surface area contributed by atoms with Crippen molar-refractivity contribution in [2.45, 2.75) is 53.3 Å². The van der Waals surface area contributed by atoms with Gasteiger partial charge in [-0.15, -0.1) is 21.9 Å². The molecule has 28 heavy (non-hydrogen) atoms. The number of ether oxygens (including phenoxy) is 2. The second kappa shape index (κ2) is 10.4. The fraction of sp³-hybridized carbons (Fsp3) is 0.400. The number of rotatable bonds is 5. The number of halogens is 2. The maximum Gasteiger partial charge on any atom is 0.586 e. The molecule has 0 saturated heterocycles. The summed E-state index contributed by atoms with van der Waals surface area (Å²) in [5, 5.41) is 2.45. The first-order chi connectivity index (χ1) is 13.2. The maximum atomic E-state index is 12.8. The minimum atomic E-state index is -3.65. The summed E-state index contributed by atoms with van der Waals surface area (Å²) in [5.41, 5.74) is 2.12. The lowest BCUT2D eigenvalue weighted by Crippen LogP contribution is -2.25. The molecule has 2 aromatic rings. The first-order valence-electron chi connectivity index (χ1n) is 9.02. The number of benzene rings is 1. The Labute approximate surface area is 163 Å². The molecule has 0 radical (unpaired) electrons. The highest BCUT2D eigenvalue weighted by Gasteiger charge is 2.43. The van der Waals surface area contributed by atoms with Crippen LogP contribution in [0, 0.1) is 0 Å². The molecule has 0 spiro atoms. The van der Waals surface area contributed by atoms with E-state index in [1.807, 2.05) is 19.9 Å². The van der Waals surface area contributed by atoms with Crippen molar-refractivity contribution >= 4 is 22.9 Å². The molecule has 0 bridgehead atoms. The number of fused-ring (bicyclic) bond motifs is 2. The molecule has 3 rings (SSSR count). The highest BCUT2D eigenvalue weighted by atomic mass is 19.3. The molecule has 1 aromatic carbocycles. The lowest BCUT2D eigenvalue weighted by molar-refractivity contribution is -0.286. The van der Waals surface area contributed by atoms with Crippen LogP contribution in [-0.2, 0) is 4.79 Å². The molecular formula is C20H27F2N3O3. The van der Waals surface area contributed by atoms with Crippen molar-refractivity contribution in [1.82, 2.24) is 9.97 Å². The van der Waals surface area contributed by atoms with Crippen LogP contribution in [0.5, 0.6) is 11.5 Å². The predicted octanol–water partition coefficient (Wildman–Crippen LogP) is 5.79. The summed E-state index contributed by atoms with van der Waals surface area (Å²) in [7, 11) is 0. The number of carbonyl (C=O) groups is 1. The van der Waals surface area contributed by atoms with Crippen LogP contribution in [0.1, 0.15) is 47.0 Å². The number of amides is 1. The number of H-pyrrole nitrogens is 1. The molecule has 1 aliphatic rings. The van der Waals surface area contributed by atoms with Gasteiger partial charge in [-0.1, -0.05) is 25.5 Å². The first kappa shape index (κ1) is 23.1. The zero-order chi connectivity index (χ0) is 21.3. The molecule has 2 heterocycles. The van der Waals surface area contributed by atoms with Crippen molar-refractivity contribution in [2.24, 2.45) is 0 Å². The summed E-state index contributed by atoms with van der Waals surface area (Å²) < 4.78 is 34.2. The molecule has 0 aliphatic carbocycles. The van der Waals surface area contributed by atoms with E-state index >= 15 is 0 Å². The third-order valence-corrected chi connectivity index (χ3v) is 3.31. The third-order valence-electron chi connectivity index (χ3n) is 3.31. The Hall–Kier alpha value is -2.90. The smallest absolute Gasteiger partial charge is 0.395 e. The third kappa shape index (κ3) is 7.02. The second-order valence-electron chi connectivity index (χ2n) is 5.89. The summed E-state index contributed by atoms with van der Waals surface area (Å²) in [6, 6.07) is 2.65. The molecule has 1 amide bonds. The van der Waals surface area contributed by atoms with Crippen LogP contribution >= 0.6 is 0 Å². The standard InChI is InChI=1S/C10H7F2N3O3.C8H14.C2H6/c1-4(16)13-9-14-5-2-7-8(3-6(5)15-9)18-10(11,12)17-7;1-4-5-6-7-8(2)3;1-2/h2-3H,1H3,(H2,13,14,15,16);4H,1-2,5-7H2,3H3;1-2H3. The average Bonchev–Trinajstić information content (AvgIpc) is 3.10. The zero-order valence-electron chi connectivity index (χ0n) is 16.7. The quantitative estimate of drug-likeness (QED) is 0.496. The summed E-state index contributed by atoms with van der Waals surface area (Å²) in [5.74, 6) is -0.229. The van der Waals surface area contributed by atoms with E-state index in [4.69, 9.17) is 0 Å². The van der Waals surface area contributed by atoms with Crippen molar-refractivity contribution in [2.75, 3.05) is 5.32 Å². The van der Waals surface area contributed by atoms with Gasteiger partial charge in [0.1, 0.15) is 0 Å². The molecule has 0 atom stereocenters. The van der Waals surface area contributed by atoms with Gasteiger partial charge in [-0.05, 0) is 26.2 Å². The van der Waals surface area contributed by atoms with E-state index in [-0.39, 0.29) is 23.4 Å². The number of carbonyl (C=O) groups excluding carboxylic acids is 1. The van der Waals surface area contributed by atoms with Crippen molar-refractivity contribution in [3.63, 3.8) is 0 Å². The van der Waals surface area contributed by atoms with E-state index in [0.717, 1.165) is 12.8 Å². The summed E-state index contributed by atoms with van der Waals surface area (Å²) in [6.07, 6.45) is 1.77. The number of alkyl halides is 2. The van der Waals surface area contributed by atoms with E-state index in [1.54, 1.807) is 0 Å². The summed E-state index contributed by atoms with van der Waals surface area (Å²) in [6.45, 7) is 14.8. The number of hydrogen-bond acceptors (Lipinski definition) is 4. The van der Waals surface area contributed by atoms with Gasteiger partial charge in [0.25, 0.3) is 0 Å². The van der Waals surface area contributed by atoms with Crippen molar-refractivity contribution < 1.29 is 23.0 Å². The largest absolute Gasteiger partial charge is 0.586 e. The SMILES string of the molecule is C=CCCCC(=C)C.CC.CC(=O)Nc1nc2cc3c(cc2[nH]1)OC(F)(F)O3. The van der Waals surface area contributed by atoms with Crippen molar-refractivity contribution in [1.29, 1.82) is 0 Å². The minimum Gasteiger partial charge on any atom is -0.395 e. The molecular weight excluding hydrogens is 368 g/mol. The van der Waals surface area contributed by atoms with Crippen LogP contribution in [0.15, 0.2) is 36.9 Å². The minimum absolute atomic E-state index is 0.0782. The van der Waals surface area contributed by atoms with Gasteiger partial charge in [0.2, 0.25) is 11.9 Å². The van der Waals surface area contributed by atoms with Gasteiger partial charge in [-0.25, -0.2) is 4.98 Å². The Morgan fingerprint density at radius 3 is 2.43 bits per heavy atom. The van der Waals surface area contributed by atoms with Crippen LogP contribution in [0.25, 0.3) is 11.0 Å². The zero-order valence-corrected chi connectivity index (χ0v) is 16.7. The molecule has 1 aliphatic heterocycles. The number of imidazole rings is 1. The van der Waals surface area contributed by atoms with Crippen LogP contribution in [0.2, 0.25) is 0 Å². The van der Waals surface area contributed by atoms with Crippen LogP contribution in [0.3, 0.4) is 0 Å². The number of hydrogen-bond donors (Lipinski definition) is 2. The average molecular weight is 395 g/mol. The molecule has 0 saturated carbocycles. The monoisotopic (exact) mass is 395 g/mol. The van der Waals surface area contributed by atoms with Crippen LogP contribution < -0.4 is 14.8 Å². The molecule has 0 fully saturated rings. The number of aromatic nitrogens is 2. The maximum absolute atomic E-state index is 12.8. The lowest BCUT2D eigenvalue weighted by atomic mass is 10.1. The number of nitrogens with zero attached hydrogens (tertiary/aromatic N) is 1. The molecule has 6 nitrogen and oxygen atoms in total.